The monoisotopic (exact) mass is 347 g/mol. The number of hydrogen-bond donors (Lipinski definition) is 1. The van der Waals surface area contributed by atoms with Gasteiger partial charge in [0.25, 0.3) is 0 Å². The molecule has 0 amide bonds. The Labute approximate surface area is 121 Å². The van der Waals surface area contributed by atoms with Gasteiger partial charge >= 0.3 is 0 Å². The van der Waals surface area contributed by atoms with E-state index in [1.165, 1.54) is 12.2 Å². The molecule has 1 aromatic rings. The molecular weight excluding hydrogens is 325 g/mol. The molecule has 4 heteroatoms. The van der Waals surface area contributed by atoms with Crippen molar-refractivity contribution < 1.29 is 28.5 Å². The van der Waals surface area contributed by atoms with Gasteiger partial charge < -0.3 is 39.1 Å². The quantitative estimate of drug-likeness (QED) is 0.383. The maximum Gasteiger partial charge on any atom is 0.104 e. The fourth-order valence-electron chi connectivity index (χ4n) is 2.15. The average molecular weight is 347 g/mol. The number of nitrogens with zero attached hydrogens (tertiary/aromatic N) is 2. The molecule has 1 aliphatic rings. The van der Waals surface area contributed by atoms with Gasteiger partial charge in [-0.2, -0.15) is 0 Å². The van der Waals surface area contributed by atoms with Crippen LogP contribution >= 0.6 is 0 Å². The maximum atomic E-state index is 5.70. The molecule has 0 spiro atoms. The molecule has 2 N–H and O–H groups in total. The van der Waals surface area contributed by atoms with Crippen LogP contribution in [0.2, 0.25) is 0 Å². The van der Waals surface area contributed by atoms with Gasteiger partial charge in [-0.05, 0) is 31.2 Å². The van der Waals surface area contributed by atoms with E-state index in [-0.39, 0.29) is 24.0 Å². The van der Waals surface area contributed by atoms with E-state index in [1.807, 2.05) is 12.1 Å². The predicted octanol–water partition coefficient (Wildman–Crippen LogP) is -1.44. The molecule has 0 aromatic heterocycles. The lowest BCUT2D eigenvalue weighted by molar-refractivity contribution is -0.913. The summed E-state index contributed by atoms with van der Waals surface area (Å²) in [4.78, 5) is 2.45. The van der Waals surface area contributed by atoms with Gasteiger partial charge in [-0.1, -0.05) is 0 Å². The first-order valence-corrected chi connectivity index (χ1v) is 5.92. The molecule has 1 saturated heterocycles. The minimum absolute atomic E-state index is 0. The highest BCUT2D eigenvalue weighted by molar-refractivity contribution is 5.53. The van der Waals surface area contributed by atoms with Gasteiger partial charge in [0.15, 0.2) is 0 Å². The van der Waals surface area contributed by atoms with Crippen molar-refractivity contribution in [3.8, 4) is 0 Å². The predicted molar refractivity (Wildman–Crippen MR) is 69.5 cm³/mol. The van der Waals surface area contributed by atoms with Crippen LogP contribution in [0, 0.1) is 0 Å². The number of piperazine rings is 1. The Morgan fingerprint density at radius 2 is 1.82 bits per heavy atom. The van der Waals surface area contributed by atoms with Crippen LogP contribution in [0.3, 0.4) is 0 Å². The Kier molecular flexibility index (Phi) is 4.66. The summed E-state index contributed by atoms with van der Waals surface area (Å²) in [6.07, 6.45) is 0. The van der Waals surface area contributed by atoms with E-state index in [2.05, 4.69) is 38.1 Å². The zero-order valence-electron chi connectivity index (χ0n) is 10.9. The summed E-state index contributed by atoms with van der Waals surface area (Å²) >= 11 is 0. The Hall–Kier alpha value is -0.490. The van der Waals surface area contributed by atoms with Crippen LogP contribution < -0.4 is 34.6 Å². The van der Waals surface area contributed by atoms with Crippen LogP contribution in [0.15, 0.2) is 24.3 Å². The van der Waals surface area contributed by atoms with Crippen molar-refractivity contribution in [2.45, 2.75) is 13.0 Å². The first-order chi connectivity index (χ1) is 7.49. The lowest BCUT2D eigenvalue weighted by Gasteiger charge is -2.45. The van der Waals surface area contributed by atoms with E-state index >= 15 is 0 Å². The first-order valence-electron chi connectivity index (χ1n) is 5.92. The number of nitrogens with two attached hydrogens (primary N) is 1. The molecule has 0 bridgehead atoms. The molecule has 1 heterocycles. The van der Waals surface area contributed by atoms with Gasteiger partial charge in [-0.25, -0.2) is 0 Å². The lowest BCUT2D eigenvalue weighted by Crippen LogP contribution is -3.00. The van der Waals surface area contributed by atoms with E-state index in [4.69, 9.17) is 5.73 Å². The maximum absolute atomic E-state index is 5.70. The third-order valence-electron chi connectivity index (χ3n) is 3.88. The molecule has 1 aliphatic heterocycles. The van der Waals surface area contributed by atoms with E-state index < -0.39 is 0 Å². The first kappa shape index (κ1) is 14.6. The lowest BCUT2D eigenvalue weighted by atomic mass is 10.1. The highest BCUT2D eigenvalue weighted by atomic mass is 127. The number of benzene rings is 1. The fraction of sp³-hybridized carbons (Fsp3) is 0.538. The van der Waals surface area contributed by atoms with E-state index in [0.717, 1.165) is 23.3 Å². The van der Waals surface area contributed by atoms with Crippen molar-refractivity contribution in [1.82, 2.24) is 0 Å². The molecule has 1 unspecified atom stereocenters. The number of likely N-dealkylation sites (N-methyl/N-ethyl adjacent to an activating group) is 1. The van der Waals surface area contributed by atoms with Gasteiger partial charge in [0.2, 0.25) is 0 Å². The Morgan fingerprint density at radius 3 is 2.35 bits per heavy atom. The highest BCUT2D eigenvalue weighted by Crippen LogP contribution is 2.22. The summed E-state index contributed by atoms with van der Waals surface area (Å²) in [5.74, 6) is 0. The van der Waals surface area contributed by atoms with Crippen molar-refractivity contribution in [3.63, 3.8) is 0 Å². The molecular formula is C13H22IN3. The second-order valence-corrected chi connectivity index (χ2v) is 5.39. The molecule has 0 saturated carbocycles. The average Bonchev–Trinajstić information content (AvgIpc) is 2.24. The van der Waals surface area contributed by atoms with Gasteiger partial charge in [0.05, 0.1) is 33.7 Å². The van der Waals surface area contributed by atoms with Crippen molar-refractivity contribution in [1.29, 1.82) is 0 Å². The number of nitrogen functional groups attached to an aromatic ring is 1. The van der Waals surface area contributed by atoms with E-state index in [9.17, 15) is 0 Å². The zero-order valence-corrected chi connectivity index (χ0v) is 13.0. The Morgan fingerprint density at radius 1 is 1.24 bits per heavy atom. The molecule has 0 aliphatic carbocycles. The minimum Gasteiger partial charge on any atom is -1.00 e. The summed E-state index contributed by atoms with van der Waals surface area (Å²) in [6, 6.07) is 8.87. The van der Waals surface area contributed by atoms with Crippen LogP contribution in [0.5, 0.6) is 0 Å². The van der Waals surface area contributed by atoms with Crippen molar-refractivity contribution in [3.05, 3.63) is 24.3 Å². The number of quaternary nitrogens is 1. The van der Waals surface area contributed by atoms with Gasteiger partial charge in [0, 0.05) is 11.4 Å². The Bertz CT molecular complexity index is 361. The number of halogens is 1. The third kappa shape index (κ3) is 3.25. The molecule has 96 valence electrons. The topological polar surface area (TPSA) is 29.3 Å². The molecule has 1 aromatic carbocycles. The highest BCUT2D eigenvalue weighted by Gasteiger charge is 2.31. The third-order valence-corrected chi connectivity index (χ3v) is 3.88. The summed E-state index contributed by atoms with van der Waals surface area (Å²) in [7, 11) is 4.62. The molecule has 1 atom stereocenters. The van der Waals surface area contributed by atoms with Crippen LogP contribution in [0.4, 0.5) is 11.4 Å². The van der Waals surface area contributed by atoms with Crippen molar-refractivity contribution >= 4 is 11.4 Å². The molecule has 0 radical (unpaired) electrons. The Balaban J connectivity index is 0.00000144. The van der Waals surface area contributed by atoms with Crippen molar-refractivity contribution in [2.75, 3.05) is 44.4 Å². The van der Waals surface area contributed by atoms with E-state index in [0.29, 0.717) is 6.04 Å². The molecule has 1 fully saturated rings. The van der Waals surface area contributed by atoms with Crippen molar-refractivity contribution in [2.24, 2.45) is 0 Å². The fourth-order valence-corrected chi connectivity index (χ4v) is 2.15. The second-order valence-electron chi connectivity index (χ2n) is 5.39. The normalized spacial score (nSPS) is 23.0. The zero-order chi connectivity index (χ0) is 11.8. The molecule has 3 nitrogen and oxygen atoms in total. The van der Waals surface area contributed by atoms with E-state index in [1.54, 1.807) is 0 Å². The molecule has 17 heavy (non-hydrogen) atoms. The van der Waals surface area contributed by atoms with Gasteiger partial charge in [-0.15, -0.1) is 0 Å². The summed E-state index contributed by atoms with van der Waals surface area (Å²) < 4.78 is 1.12. The summed E-state index contributed by atoms with van der Waals surface area (Å²) in [5, 5.41) is 0. The second kappa shape index (κ2) is 5.44. The number of hydrogen-bond acceptors (Lipinski definition) is 2. The standard InChI is InChI=1S/C13H22N3.HI/c1-11-10-15(8-9-16(11,2)3)13-6-4-12(14)5-7-13;/h4-7,11H,8-10,14H2,1-3H3;1H/q+1;/p-1. The largest absolute Gasteiger partial charge is 1.00 e. The molecule has 2 rings (SSSR count). The van der Waals surface area contributed by atoms with Crippen LogP contribution in [-0.2, 0) is 0 Å². The number of anilines is 2. The van der Waals surface area contributed by atoms with Crippen LogP contribution in [-0.4, -0.2) is 44.3 Å². The SMILES string of the molecule is CC1CN(c2ccc(N)cc2)CC[N+]1(C)C.[I-]. The smallest absolute Gasteiger partial charge is 0.104 e. The van der Waals surface area contributed by atoms with Crippen LogP contribution in [0.1, 0.15) is 6.92 Å². The van der Waals surface area contributed by atoms with Gasteiger partial charge in [0.1, 0.15) is 6.04 Å². The number of rotatable bonds is 1. The van der Waals surface area contributed by atoms with Gasteiger partial charge in [-0.3, -0.25) is 0 Å². The minimum atomic E-state index is 0. The summed E-state index contributed by atoms with van der Waals surface area (Å²) in [5.41, 5.74) is 7.84. The van der Waals surface area contributed by atoms with Crippen LogP contribution in [0.25, 0.3) is 0 Å². The summed E-state index contributed by atoms with van der Waals surface area (Å²) in [6.45, 7) is 5.77.